The molecule has 0 aliphatic rings. The molecule has 0 spiro atoms. The Hall–Kier alpha value is -1.59. The molecule has 0 saturated heterocycles. The van der Waals surface area contributed by atoms with Crippen molar-refractivity contribution in [3.05, 3.63) is 29.8 Å². The lowest BCUT2D eigenvalue weighted by atomic mass is 10.2. The second-order valence-electron chi connectivity index (χ2n) is 3.53. The van der Waals surface area contributed by atoms with E-state index in [1.165, 1.54) is 0 Å². The Morgan fingerprint density at radius 1 is 1.41 bits per heavy atom. The second-order valence-corrected chi connectivity index (χ2v) is 3.53. The van der Waals surface area contributed by atoms with Crippen molar-refractivity contribution >= 4 is 5.91 Å². The van der Waals surface area contributed by atoms with E-state index >= 15 is 0 Å². The first kappa shape index (κ1) is 13.5. The Balaban J connectivity index is 2.48. The van der Waals surface area contributed by atoms with E-state index < -0.39 is 5.91 Å². The topological polar surface area (TPSA) is 73.6 Å². The molecule has 0 heterocycles. The quantitative estimate of drug-likeness (QED) is 0.638. The number of carbonyl (C=O) groups is 1. The minimum Gasteiger partial charge on any atom is -0.483 e. The fraction of sp³-hybridized carbons (Fsp3) is 0.417. The lowest BCUT2D eigenvalue weighted by molar-refractivity contribution is -0.119. The molecule has 0 aliphatic carbocycles. The van der Waals surface area contributed by atoms with Crippen molar-refractivity contribution in [1.82, 2.24) is 5.32 Å². The van der Waals surface area contributed by atoms with Gasteiger partial charge in [-0.05, 0) is 6.07 Å². The molecule has 0 atom stereocenters. The van der Waals surface area contributed by atoms with Gasteiger partial charge < -0.3 is 20.5 Å². The van der Waals surface area contributed by atoms with Gasteiger partial charge in [-0.3, -0.25) is 4.79 Å². The first-order chi connectivity index (χ1) is 8.24. The predicted molar refractivity (Wildman–Crippen MR) is 64.7 cm³/mol. The van der Waals surface area contributed by atoms with Crippen molar-refractivity contribution in [2.75, 3.05) is 26.9 Å². The maximum absolute atomic E-state index is 10.6. The van der Waals surface area contributed by atoms with Gasteiger partial charge in [0.15, 0.2) is 6.61 Å². The number of benzene rings is 1. The van der Waals surface area contributed by atoms with Gasteiger partial charge in [0.25, 0.3) is 5.91 Å². The van der Waals surface area contributed by atoms with Crippen molar-refractivity contribution in [1.29, 1.82) is 0 Å². The minimum absolute atomic E-state index is 0.102. The molecule has 0 radical (unpaired) electrons. The lowest BCUT2D eigenvalue weighted by Gasteiger charge is -2.10. The summed E-state index contributed by atoms with van der Waals surface area (Å²) in [5.74, 6) is 0.198. The molecule has 0 bridgehead atoms. The average Bonchev–Trinajstić information content (AvgIpc) is 2.33. The Bertz CT molecular complexity index is 355. The number of amides is 1. The second kappa shape index (κ2) is 7.65. The number of hydrogen-bond acceptors (Lipinski definition) is 4. The van der Waals surface area contributed by atoms with Gasteiger partial charge in [0.2, 0.25) is 0 Å². The Morgan fingerprint density at radius 3 is 2.88 bits per heavy atom. The van der Waals surface area contributed by atoms with Crippen LogP contribution in [-0.4, -0.2) is 32.8 Å². The first-order valence-corrected chi connectivity index (χ1v) is 5.42. The highest BCUT2D eigenvalue weighted by Gasteiger charge is 2.03. The molecule has 3 N–H and O–H groups in total. The highest BCUT2D eigenvalue weighted by Crippen LogP contribution is 2.17. The molecule has 94 valence electrons. The molecule has 1 aromatic rings. The number of rotatable bonds is 8. The van der Waals surface area contributed by atoms with E-state index in [0.29, 0.717) is 18.9 Å². The third-order valence-electron chi connectivity index (χ3n) is 2.14. The van der Waals surface area contributed by atoms with Crippen LogP contribution >= 0.6 is 0 Å². The first-order valence-electron chi connectivity index (χ1n) is 5.42. The summed E-state index contributed by atoms with van der Waals surface area (Å²) in [5, 5.41) is 3.21. The molecular weight excluding hydrogens is 220 g/mol. The molecular formula is C12H18N2O3. The van der Waals surface area contributed by atoms with Crippen LogP contribution in [-0.2, 0) is 16.1 Å². The van der Waals surface area contributed by atoms with E-state index in [9.17, 15) is 4.79 Å². The summed E-state index contributed by atoms with van der Waals surface area (Å²) in [7, 11) is 1.66. The van der Waals surface area contributed by atoms with Gasteiger partial charge >= 0.3 is 0 Å². The van der Waals surface area contributed by atoms with E-state index in [-0.39, 0.29) is 6.61 Å². The van der Waals surface area contributed by atoms with Gasteiger partial charge in [0.05, 0.1) is 6.61 Å². The molecule has 0 aliphatic heterocycles. The van der Waals surface area contributed by atoms with Crippen LogP contribution in [0.4, 0.5) is 0 Å². The van der Waals surface area contributed by atoms with E-state index in [2.05, 4.69) is 5.32 Å². The van der Waals surface area contributed by atoms with Gasteiger partial charge in [0, 0.05) is 25.8 Å². The normalized spacial score (nSPS) is 10.2. The summed E-state index contributed by atoms with van der Waals surface area (Å²) >= 11 is 0. The van der Waals surface area contributed by atoms with Crippen molar-refractivity contribution in [2.24, 2.45) is 5.73 Å². The summed E-state index contributed by atoms with van der Waals surface area (Å²) < 4.78 is 10.2. The van der Waals surface area contributed by atoms with Crippen LogP contribution in [0.5, 0.6) is 5.75 Å². The molecule has 5 heteroatoms. The number of para-hydroxylation sites is 1. The fourth-order valence-electron chi connectivity index (χ4n) is 1.34. The Kier molecular flexibility index (Phi) is 6.06. The van der Waals surface area contributed by atoms with Crippen LogP contribution < -0.4 is 15.8 Å². The van der Waals surface area contributed by atoms with E-state index in [1.807, 2.05) is 24.3 Å². The lowest BCUT2D eigenvalue weighted by Crippen LogP contribution is -2.22. The molecule has 0 fully saturated rings. The molecule has 5 nitrogen and oxygen atoms in total. The summed E-state index contributed by atoms with van der Waals surface area (Å²) in [6, 6.07) is 7.53. The van der Waals surface area contributed by atoms with Crippen LogP contribution in [0.25, 0.3) is 0 Å². The molecule has 0 saturated carbocycles. The zero-order chi connectivity index (χ0) is 12.5. The van der Waals surface area contributed by atoms with Crippen LogP contribution in [0.15, 0.2) is 24.3 Å². The maximum Gasteiger partial charge on any atom is 0.255 e. The van der Waals surface area contributed by atoms with Gasteiger partial charge in [0.1, 0.15) is 5.75 Å². The van der Waals surface area contributed by atoms with Crippen LogP contribution in [0, 0.1) is 0 Å². The molecule has 0 aromatic heterocycles. The standard InChI is InChI=1S/C12H18N2O3/c1-16-7-6-14-8-10-4-2-3-5-11(10)17-9-12(13)15/h2-5,14H,6-9H2,1H3,(H2,13,15). The molecule has 0 unspecified atom stereocenters. The number of ether oxygens (including phenoxy) is 2. The number of carbonyl (C=O) groups excluding carboxylic acids is 1. The molecule has 17 heavy (non-hydrogen) atoms. The molecule has 1 amide bonds. The van der Waals surface area contributed by atoms with E-state index in [0.717, 1.165) is 12.1 Å². The van der Waals surface area contributed by atoms with Crippen molar-refractivity contribution in [3.8, 4) is 5.75 Å². The number of hydrogen-bond donors (Lipinski definition) is 2. The SMILES string of the molecule is COCCNCc1ccccc1OCC(N)=O. The number of methoxy groups -OCH3 is 1. The maximum atomic E-state index is 10.6. The van der Waals surface area contributed by atoms with E-state index in [1.54, 1.807) is 7.11 Å². The van der Waals surface area contributed by atoms with Crippen molar-refractivity contribution in [2.45, 2.75) is 6.54 Å². The van der Waals surface area contributed by atoms with Crippen molar-refractivity contribution in [3.63, 3.8) is 0 Å². The zero-order valence-corrected chi connectivity index (χ0v) is 9.94. The Labute approximate surface area is 101 Å². The highest BCUT2D eigenvalue weighted by molar-refractivity contribution is 5.75. The van der Waals surface area contributed by atoms with Crippen molar-refractivity contribution < 1.29 is 14.3 Å². The number of nitrogens with two attached hydrogens (primary N) is 1. The number of nitrogens with one attached hydrogen (secondary N) is 1. The van der Waals surface area contributed by atoms with Gasteiger partial charge in [-0.25, -0.2) is 0 Å². The van der Waals surface area contributed by atoms with Crippen LogP contribution in [0.3, 0.4) is 0 Å². The Morgan fingerprint density at radius 2 is 2.18 bits per heavy atom. The third kappa shape index (κ3) is 5.33. The molecule has 1 rings (SSSR count). The third-order valence-corrected chi connectivity index (χ3v) is 2.14. The highest BCUT2D eigenvalue weighted by atomic mass is 16.5. The van der Waals surface area contributed by atoms with Gasteiger partial charge in [-0.15, -0.1) is 0 Å². The largest absolute Gasteiger partial charge is 0.483 e. The fourth-order valence-corrected chi connectivity index (χ4v) is 1.34. The van der Waals surface area contributed by atoms with E-state index in [4.69, 9.17) is 15.2 Å². The van der Waals surface area contributed by atoms with Crippen LogP contribution in [0.1, 0.15) is 5.56 Å². The van der Waals surface area contributed by atoms with Gasteiger partial charge in [-0.1, -0.05) is 18.2 Å². The average molecular weight is 238 g/mol. The van der Waals surface area contributed by atoms with Gasteiger partial charge in [-0.2, -0.15) is 0 Å². The monoisotopic (exact) mass is 238 g/mol. The minimum atomic E-state index is -0.479. The predicted octanol–water partition coefficient (Wildman–Crippen LogP) is 0.287. The summed E-state index contributed by atoms with van der Waals surface area (Å²) in [6.07, 6.45) is 0. The molecule has 1 aromatic carbocycles. The zero-order valence-electron chi connectivity index (χ0n) is 9.94. The summed E-state index contributed by atoms with van der Waals surface area (Å²) in [6.45, 7) is 1.98. The smallest absolute Gasteiger partial charge is 0.255 e. The summed E-state index contributed by atoms with van der Waals surface area (Å²) in [4.78, 5) is 10.6. The van der Waals surface area contributed by atoms with Crippen LogP contribution in [0.2, 0.25) is 0 Å². The number of primary amides is 1. The summed E-state index contributed by atoms with van der Waals surface area (Å²) in [5.41, 5.74) is 6.02.